The number of aliphatic hydroxyl groups is 10. The molecule has 0 spiro atoms. The third-order valence-electron chi connectivity index (χ3n) is 5.35. The van der Waals surface area contributed by atoms with E-state index in [2.05, 4.69) is 4.74 Å². The van der Waals surface area contributed by atoms with Gasteiger partial charge in [0.05, 0.1) is 27.5 Å². The second kappa shape index (κ2) is 11.0. The second-order valence-corrected chi connectivity index (χ2v) is 7.53. The second-order valence-electron chi connectivity index (χ2n) is 7.53. The normalized spacial score (nSPS) is 68.5. The smallest absolute Gasteiger partial charge is 0.187 e. The lowest BCUT2D eigenvalue weighted by Gasteiger charge is -2.48. The molecule has 1 unspecified atom stereocenters. The Balaban J connectivity index is 2.07. The highest BCUT2D eigenvalue weighted by atomic mass is 16.8. The highest BCUT2D eigenvalue weighted by Gasteiger charge is 2.53. The van der Waals surface area contributed by atoms with Gasteiger partial charge in [-0.05, 0) is 6.92 Å². The molecule has 16 atom stereocenters. The molecule has 3 fully saturated rings. The SMILES string of the molecule is [2H]C(O)[C@@]1([2H])O[C@@]([2H])(O)[C@]([2H])(O)[C@@]([2H])(O)[C@]1([2H])O[C@@H]1O[C@H](CO)[C@H](O)[C@H](O)[C@H]1O[C@@H]1O[C@@H](C)[C@@H](O)[C@@H](O)[C@@H]1O. The van der Waals surface area contributed by atoms with E-state index in [9.17, 15) is 51.1 Å². The quantitative estimate of drug-likeness (QED) is 0.165. The number of rotatable bonds is 6. The van der Waals surface area contributed by atoms with Crippen LogP contribution in [0.25, 0.3) is 0 Å². The van der Waals surface area contributed by atoms with Gasteiger partial charge in [-0.25, -0.2) is 0 Å². The maximum atomic E-state index is 10.7. The number of hydrogen-bond donors (Lipinski definition) is 10. The van der Waals surface area contributed by atoms with E-state index in [1.54, 1.807) is 0 Å². The van der Waals surface area contributed by atoms with Crippen LogP contribution in [0.4, 0.5) is 0 Å². The van der Waals surface area contributed by atoms with Crippen LogP contribution in [0.5, 0.6) is 0 Å². The maximum Gasteiger partial charge on any atom is 0.187 e. The fourth-order valence-corrected chi connectivity index (χ4v) is 3.42. The van der Waals surface area contributed by atoms with Gasteiger partial charge in [-0.2, -0.15) is 0 Å². The number of ether oxygens (including phenoxy) is 5. The van der Waals surface area contributed by atoms with Crippen molar-refractivity contribution >= 4 is 0 Å². The van der Waals surface area contributed by atoms with Gasteiger partial charge in [-0.15, -0.1) is 0 Å². The maximum absolute atomic E-state index is 10.7. The molecule has 0 bridgehead atoms. The molecule has 33 heavy (non-hydrogen) atoms. The van der Waals surface area contributed by atoms with Crippen molar-refractivity contribution in [2.45, 2.75) is 98.9 Å². The molecule has 10 N–H and O–H groups in total. The Kier molecular flexibility index (Phi) is 6.51. The third kappa shape index (κ3) is 5.32. The van der Waals surface area contributed by atoms with E-state index in [4.69, 9.17) is 27.2 Å². The summed E-state index contributed by atoms with van der Waals surface area (Å²) in [7, 11) is 0. The van der Waals surface area contributed by atoms with Gasteiger partial charge < -0.3 is 74.7 Å². The van der Waals surface area contributed by atoms with Gasteiger partial charge in [-0.1, -0.05) is 0 Å². The minimum absolute atomic E-state index is 1.05. The zero-order valence-electron chi connectivity index (χ0n) is 23.1. The standard InChI is InChI=1S/C18H32O15/c1-4-7(21)9(23)13(27)17(29-4)33-15-10(24)8(22)5(2-19)31-18(15)32-14-6(3-20)30-16(28)12(26)11(14)25/h4-28H,2-3H2,1H3/t4-,5+,6+,7+,8-,9+,10-,11+,12+,13-,14+,15+,16+,17-,18-/m0/s1/i3D,6D,11D,12D,14D,16D/t3?,4-,5+,6+,7+,8-,9+,10-,11+,12+,13-,14+,15+,16+,17-,18-. The van der Waals surface area contributed by atoms with Crippen LogP contribution in [0.2, 0.25) is 0 Å². The largest absolute Gasteiger partial charge is 0.394 e. The number of hydrogen-bond acceptors (Lipinski definition) is 15. The highest BCUT2D eigenvalue weighted by molar-refractivity contribution is 4.95. The van der Waals surface area contributed by atoms with Gasteiger partial charge >= 0.3 is 0 Å². The molecular formula is C18H32O15. The Morgan fingerprint density at radius 2 is 1.42 bits per heavy atom. The topological polar surface area (TPSA) is 248 Å². The van der Waals surface area contributed by atoms with Gasteiger partial charge in [0.2, 0.25) is 0 Å². The summed E-state index contributed by atoms with van der Waals surface area (Å²) < 4.78 is 73.0. The molecule has 15 nitrogen and oxygen atoms in total. The van der Waals surface area contributed by atoms with Crippen molar-refractivity contribution in [1.82, 2.24) is 0 Å². The summed E-state index contributed by atoms with van der Waals surface area (Å²) in [5.41, 5.74) is 0. The van der Waals surface area contributed by atoms with Crippen LogP contribution in [0, 0.1) is 0 Å². The van der Waals surface area contributed by atoms with Crippen LogP contribution in [-0.2, 0) is 23.7 Å². The monoisotopic (exact) mass is 494 g/mol. The van der Waals surface area contributed by atoms with Crippen molar-refractivity contribution in [1.29, 1.82) is 0 Å². The summed E-state index contributed by atoms with van der Waals surface area (Å²) in [4.78, 5) is 0. The lowest BCUT2D eigenvalue weighted by molar-refractivity contribution is -0.385. The fourth-order valence-electron chi connectivity index (χ4n) is 3.42. The highest BCUT2D eigenvalue weighted by Crippen LogP contribution is 2.32. The Bertz CT molecular complexity index is 879. The summed E-state index contributed by atoms with van der Waals surface area (Å²) >= 11 is 0. The van der Waals surface area contributed by atoms with Gasteiger partial charge in [0, 0.05) is 0 Å². The van der Waals surface area contributed by atoms with E-state index in [0.717, 1.165) is 0 Å². The molecule has 0 radical (unpaired) electrons. The molecule has 0 aromatic heterocycles. The van der Waals surface area contributed by atoms with Crippen LogP contribution in [0.3, 0.4) is 0 Å². The summed E-state index contributed by atoms with van der Waals surface area (Å²) in [5.74, 6) is 0. The van der Waals surface area contributed by atoms with E-state index in [1.807, 2.05) is 0 Å². The first-order valence-electron chi connectivity index (χ1n) is 12.8. The van der Waals surface area contributed by atoms with E-state index in [-0.39, 0.29) is 0 Å². The average Bonchev–Trinajstić information content (AvgIpc) is 2.83. The van der Waals surface area contributed by atoms with E-state index < -0.39 is 105 Å². The summed E-state index contributed by atoms with van der Waals surface area (Å²) in [5, 5.41) is 102. The molecule has 3 aliphatic rings. The first-order valence-corrected chi connectivity index (χ1v) is 9.74. The van der Waals surface area contributed by atoms with Crippen molar-refractivity contribution in [2.24, 2.45) is 0 Å². The summed E-state index contributed by atoms with van der Waals surface area (Å²) in [6, 6.07) is 0. The lowest BCUT2D eigenvalue weighted by Crippen LogP contribution is -2.66. The molecule has 15 heteroatoms. The fraction of sp³-hybridized carbons (Fsp3) is 1.00. The average molecular weight is 494 g/mol. The zero-order valence-corrected chi connectivity index (χ0v) is 17.1. The van der Waals surface area contributed by atoms with Crippen LogP contribution in [0.15, 0.2) is 0 Å². The Hall–Kier alpha value is -0.600. The third-order valence-corrected chi connectivity index (χ3v) is 5.35. The van der Waals surface area contributed by atoms with Crippen LogP contribution in [-0.4, -0.2) is 156 Å². The van der Waals surface area contributed by atoms with Gasteiger partial charge in [-0.3, -0.25) is 0 Å². The molecule has 3 aliphatic heterocycles. The van der Waals surface area contributed by atoms with Gasteiger partial charge in [0.15, 0.2) is 18.8 Å². The first-order chi connectivity index (χ1) is 17.6. The minimum atomic E-state index is -4.35. The summed E-state index contributed by atoms with van der Waals surface area (Å²) in [6.07, 6.45) is -40.0. The predicted octanol–water partition coefficient (Wildman–Crippen LogP) is -6.55. The van der Waals surface area contributed by atoms with Crippen molar-refractivity contribution in [3.05, 3.63) is 0 Å². The molecule has 3 saturated heterocycles. The predicted molar refractivity (Wildman–Crippen MR) is 99.8 cm³/mol. The molecule has 0 aromatic rings. The van der Waals surface area contributed by atoms with Crippen molar-refractivity contribution < 1.29 is 83.0 Å². The minimum Gasteiger partial charge on any atom is -0.394 e. The lowest BCUT2D eigenvalue weighted by atomic mass is 9.96. The van der Waals surface area contributed by atoms with Crippen molar-refractivity contribution in [3.8, 4) is 0 Å². The Morgan fingerprint density at radius 1 is 0.758 bits per heavy atom. The molecule has 0 amide bonds. The van der Waals surface area contributed by atoms with Gasteiger partial charge in [0.1, 0.15) is 67.0 Å². The molecule has 194 valence electrons. The van der Waals surface area contributed by atoms with Gasteiger partial charge in [0.25, 0.3) is 0 Å². The molecule has 0 saturated carbocycles. The van der Waals surface area contributed by atoms with Crippen molar-refractivity contribution in [3.63, 3.8) is 0 Å². The van der Waals surface area contributed by atoms with E-state index in [1.165, 1.54) is 6.92 Å². The molecule has 3 heterocycles. The molecule has 0 aromatic carbocycles. The number of aliphatic hydroxyl groups excluding tert-OH is 7. The van der Waals surface area contributed by atoms with E-state index >= 15 is 0 Å². The van der Waals surface area contributed by atoms with E-state index in [0.29, 0.717) is 0 Å². The van der Waals surface area contributed by atoms with Crippen LogP contribution in [0.1, 0.15) is 15.1 Å². The Labute approximate surface area is 196 Å². The molecule has 0 aliphatic carbocycles. The molecular weight excluding hydrogens is 456 g/mol. The summed E-state index contributed by atoms with van der Waals surface area (Å²) in [6.45, 7) is -2.86. The molecule has 3 rings (SSSR count). The van der Waals surface area contributed by atoms with Crippen LogP contribution >= 0.6 is 0 Å². The Morgan fingerprint density at radius 3 is 2.03 bits per heavy atom. The van der Waals surface area contributed by atoms with Crippen molar-refractivity contribution in [2.75, 3.05) is 13.2 Å². The zero-order chi connectivity index (χ0) is 30.1. The first kappa shape index (κ1) is 19.6. The van der Waals surface area contributed by atoms with Crippen LogP contribution < -0.4 is 0 Å².